The fourth-order valence-electron chi connectivity index (χ4n) is 1.83. The topological polar surface area (TPSA) is 81.9 Å². The van der Waals surface area contributed by atoms with Gasteiger partial charge in [-0.3, -0.25) is 4.79 Å². The zero-order chi connectivity index (χ0) is 13.0. The van der Waals surface area contributed by atoms with Gasteiger partial charge < -0.3 is 15.6 Å². The predicted molar refractivity (Wildman–Crippen MR) is 70.3 cm³/mol. The minimum atomic E-state index is -0.952. The molecule has 1 atom stereocenters. The summed E-state index contributed by atoms with van der Waals surface area (Å²) in [5, 5.41) is 24.4. The molecule has 0 unspecified atom stereocenters. The van der Waals surface area contributed by atoms with Crippen LogP contribution in [0.4, 0.5) is 0 Å². The molecule has 1 aromatic rings. The molecule has 1 aromatic carbocycles. The molecule has 1 fully saturated rings. The fourth-order valence-corrected chi connectivity index (χ4v) is 3.14. The average molecular weight is 266 g/mol. The first-order chi connectivity index (χ1) is 8.72. The first kappa shape index (κ1) is 12.9. The van der Waals surface area contributed by atoms with Gasteiger partial charge in [-0.25, -0.2) is 0 Å². The Morgan fingerprint density at radius 3 is 2.78 bits per heavy atom. The number of carbonyl (C=O) groups is 1. The summed E-state index contributed by atoms with van der Waals surface area (Å²) in [6, 6.07) is 8.75. The van der Waals surface area contributed by atoms with Crippen LogP contribution in [-0.2, 0) is 0 Å². The van der Waals surface area contributed by atoms with E-state index < -0.39 is 5.54 Å². The van der Waals surface area contributed by atoms with Crippen molar-refractivity contribution in [1.82, 2.24) is 5.32 Å². The number of hydrogen-bond donors (Lipinski definition) is 3. The van der Waals surface area contributed by atoms with Crippen molar-refractivity contribution in [2.24, 2.45) is 5.16 Å². The summed E-state index contributed by atoms with van der Waals surface area (Å²) in [5.74, 6) is 0.724. The van der Waals surface area contributed by atoms with Crippen molar-refractivity contribution in [2.45, 2.75) is 5.54 Å². The summed E-state index contributed by atoms with van der Waals surface area (Å²) < 4.78 is 0. The Bertz CT molecular complexity index is 464. The first-order valence-electron chi connectivity index (χ1n) is 5.49. The molecular weight excluding hydrogens is 252 g/mol. The van der Waals surface area contributed by atoms with Crippen LogP contribution in [0.15, 0.2) is 35.5 Å². The van der Waals surface area contributed by atoms with Crippen molar-refractivity contribution in [2.75, 3.05) is 18.1 Å². The molecule has 6 heteroatoms. The monoisotopic (exact) mass is 266 g/mol. The van der Waals surface area contributed by atoms with Gasteiger partial charge in [0.25, 0.3) is 5.91 Å². The van der Waals surface area contributed by atoms with Crippen molar-refractivity contribution in [3.05, 3.63) is 35.9 Å². The number of carbonyl (C=O) groups excluding carboxylic acids is 1. The zero-order valence-corrected chi connectivity index (χ0v) is 10.5. The summed E-state index contributed by atoms with van der Waals surface area (Å²) in [6.45, 7) is -0.280. The number of amides is 1. The van der Waals surface area contributed by atoms with Gasteiger partial charge in [0.2, 0.25) is 0 Å². The number of thioether (sulfide) groups is 1. The lowest BCUT2D eigenvalue weighted by Gasteiger charge is -2.27. The molecule has 18 heavy (non-hydrogen) atoms. The van der Waals surface area contributed by atoms with E-state index in [1.54, 1.807) is 24.3 Å². The number of hydrogen-bond acceptors (Lipinski definition) is 5. The van der Waals surface area contributed by atoms with Gasteiger partial charge in [0.1, 0.15) is 5.54 Å². The lowest BCUT2D eigenvalue weighted by molar-refractivity contribution is 0.0901. The van der Waals surface area contributed by atoms with Crippen molar-refractivity contribution in [3.63, 3.8) is 0 Å². The highest BCUT2D eigenvalue weighted by molar-refractivity contribution is 8.00. The van der Waals surface area contributed by atoms with E-state index in [2.05, 4.69) is 10.5 Å². The van der Waals surface area contributed by atoms with E-state index in [0.29, 0.717) is 22.8 Å². The molecule has 2 rings (SSSR count). The number of benzene rings is 1. The molecule has 96 valence electrons. The van der Waals surface area contributed by atoms with Crippen LogP contribution in [0.25, 0.3) is 0 Å². The molecular formula is C12H14N2O3S. The van der Waals surface area contributed by atoms with Crippen molar-refractivity contribution in [3.8, 4) is 0 Å². The Morgan fingerprint density at radius 2 is 2.17 bits per heavy atom. The zero-order valence-electron chi connectivity index (χ0n) is 9.67. The SMILES string of the molecule is O=C(N[C@@]1(CO)CSCC1=NO)c1ccccc1. The normalized spacial score (nSPS) is 25.3. The number of aliphatic hydroxyl groups is 1. The van der Waals surface area contributed by atoms with E-state index in [1.165, 1.54) is 11.8 Å². The molecule has 0 aliphatic carbocycles. The Balaban J connectivity index is 2.19. The molecule has 1 aliphatic rings. The maximum Gasteiger partial charge on any atom is 0.252 e. The summed E-state index contributed by atoms with van der Waals surface area (Å²) in [5.41, 5.74) is -0.0365. The molecule has 0 saturated carbocycles. The Morgan fingerprint density at radius 1 is 1.44 bits per heavy atom. The van der Waals surface area contributed by atoms with Crippen LogP contribution in [0.3, 0.4) is 0 Å². The molecule has 3 N–H and O–H groups in total. The lowest BCUT2D eigenvalue weighted by Crippen LogP contribution is -2.57. The highest BCUT2D eigenvalue weighted by Crippen LogP contribution is 2.26. The van der Waals surface area contributed by atoms with E-state index in [-0.39, 0.29) is 12.5 Å². The number of oxime groups is 1. The van der Waals surface area contributed by atoms with Crippen LogP contribution >= 0.6 is 11.8 Å². The second-order valence-corrected chi connectivity index (χ2v) is 5.09. The number of nitrogens with zero attached hydrogens (tertiary/aromatic N) is 1. The number of rotatable bonds is 3. The van der Waals surface area contributed by atoms with Crippen molar-refractivity contribution < 1.29 is 15.1 Å². The van der Waals surface area contributed by atoms with Gasteiger partial charge >= 0.3 is 0 Å². The molecule has 1 saturated heterocycles. The summed E-state index contributed by atoms with van der Waals surface area (Å²) in [7, 11) is 0. The van der Waals surface area contributed by atoms with Crippen molar-refractivity contribution in [1.29, 1.82) is 0 Å². The quantitative estimate of drug-likeness (QED) is 0.556. The summed E-state index contributed by atoms with van der Waals surface area (Å²) >= 11 is 1.51. The number of nitrogens with one attached hydrogen (secondary N) is 1. The van der Waals surface area contributed by atoms with E-state index in [9.17, 15) is 9.90 Å². The molecule has 5 nitrogen and oxygen atoms in total. The van der Waals surface area contributed by atoms with Crippen LogP contribution in [0, 0.1) is 0 Å². The molecule has 1 aliphatic heterocycles. The van der Waals surface area contributed by atoms with Crippen LogP contribution in [0.2, 0.25) is 0 Å². The fraction of sp³-hybridized carbons (Fsp3) is 0.333. The smallest absolute Gasteiger partial charge is 0.252 e. The van der Waals surface area contributed by atoms with Gasteiger partial charge in [-0.1, -0.05) is 23.4 Å². The molecule has 0 bridgehead atoms. The average Bonchev–Trinajstić information content (AvgIpc) is 2.83. The van der Waals surface area contributed by atoms with E-state index in [4.69, 9.17) is 5.21 Å². The predicted octanol–water partition coefficient (Wildman–Crippen LogP) is 0.724. The summed E-state index contributed by atoms with van der Waals surface area (Å²) in [4.78, 5) is 12.1. The maximum absolute atomic E-state index is 12.1. The molecule has 0 aromatic heterocycles. The van der Waals surface area contributed by atoms with E-state index >= 15 is 0 Å². The van der Waals surface area contributed by atoms with E-state index in [0.717, 1.165) is 0 Å². The van der Waals surface area contributed by atoms with Gasteiger partial charge in [0.15, 0.2) is 0 Å². The highest BCUT2D eigenvalue weighted by atomic mass is 32.2. The van der Waals surface area contributed by atoms with Crippen LogP contribution in [0.5, 0.6) is 0 Å². The van der Waals surface area contributed by atoms with Gasteiger partial charge in [0.05, 0.1) is 12.3 Å². The van der Waals surface area contributed by atoms with Gasteiger partial charge in [-0.2, -0.15) is 11.8 Å². The first-order valence-corrected chi connectivity index (χ1v) is 6.65. The van der Waals surface area contributed by atoms with Gasteiger partial charge in [0, 0.05) is 17.1 Å². The second kappa shape index (κ2) is 5.41. The lowest BCUT2D eigenvalue weighted by atomic mass is 9.97. The second-order valence-electron chi connectivity index (χ2n) is 4.10. The maximum atomic E-state index is 12.1. The van der Waals surface area contributed by atoms with Gasteiger partial charge in [-0.05, 0) is 12.1 Å². The van der Waals surface area contributed by atoms with Crippen LogP contribution in [0.1, 0.15) is 10.4 Å². The third kappa shape index (κ3) is 2.34. The van der Waals surface area contributed by atoms with Crippen LogP contribution < -0.4 is 5.32 Å². The number of aliphatic hydroxyl groups excluding tert-OH is 1. The molecule has 1 heterocycles. The minimum Gasteiger partial charge on any atom is -0.411 e. The Kier molecular flexibility index (Phi) is 3.88. The van der Waals surface area contributed by atoms with Crippen LogP contribution in [-0.4, -0.2) is 45.6 Å². The standard InChI is InChI=1S/C12H14N2O3S/c15-7-12(8-18-6-10(12)14-17)13-11(16)9-4-2-1-3-5-9/h1-5,15,17H,6-8H2,(H,13,16)/t12-/m0/s1. The highest BCUT2D eigenvalue weighted by Gasteiger charge is 2.42. The van der Waals surface area contributed by atoms with Crippen molar-refractivity contribution >= 4 is 23.4 Å². The third-order valence-corrected chi connectivity index (χ3v) is 4.09. The Labute approximate surface area is 109 Å². The summed E-state index contributed by atoms with van der Waals surface area (Å²) in [6.07, 6.45) is 0. The third-order valence-electron chi connectivity index (χ3n) is 2.92. The molecule has 1 amide bonds. The van der Waals surface area contributed by atoms with E-state index in [1.807, 2.05) is 6.07 Å². The van der Waals surface area contributed by atoms with Gasteiger partial charge in [-0.15, -0.1) is 0 Å². The molecule has 0 spiro atoms. The minimum absolute atomic E-state index is 0.280. The largest absolute Gasteiger partial charge is 0.411 e. The Hall–Kier alpha value is -1.53. The molecule has 0 radical (unpaired) electrons.